The normalized spacial score (nSPS) is 14.0. The van der Waals surface area contributed by atoms with Crippen LogP contribution in [-0.2, 0) is 17.9 Å². The summed E-state index contributed by atoms with van der Waals surface area (Å²) >= 11 is 0. The Kier molecular flexibility index (Phi) is 8.15. The Balaban J connectivity index is 1.74. The second-order valence-corrected chi connectivity index (χ2v) is 7.31. The number of carbonyl (C=O) groups is 1. The van der Waals surface area contributed by atoms with Crippen molar-refractivity contribution in [2.24, 2.45) is 4.99 Å². The minimum atomic E-state index is 0.234. The van der Waals surface area contributed by atoms with Crippen molar-refractivity contribution in [3.63, 3.8) is 0 Å². The molecule has 166 valence electrons. The number of nitrogens with one attached hydrogen (secondary N) is 2. The molecule has 2 aromatic carbocycles. The lowest BCUT2D eigenvalue weighted by atomic mass is 10.1. The van der Waals surface area contributed by atoms with E-state index in [-0.39, 0.29) is 5.91 Å². The smallest absolute Gasteiger partial charge is 0.222 e. The SMILES string of the molecule is CCNC(=NCc1ccccc1CN1CCCC1=O)Nc1ccc(OCC)c(OC)c1. The summed E-state index contributed by atoms with van der Waals surface area (Å²) in [6, 6.07) is 13.9. The van der Waals surface area contributed by atoms with Gasteiger partial charge >= 0.3 is 0 Å². The molecule has 7 heteroatoms. The molecule has 0 unspecified atom stereocenters. The third-order valence-electron chi connectivity index (χ3n) is 5.13. The molecule has 31 heavy (non-hydrogen) atoms. The molecule has 1 amide bonds. The zero-order chi connectivity index (χ0) is 22.1. The highest BCUT2D eigenvalue weighted by molar-refractivity contribution is 5.94. The Morgan fingerprint density at radius 2 is 1.94 bits per heavy atom. The fourth-order valence-corrected chi connectivity index (χ4v) is 3.57. The lowest BCUT2D eigenvalue weighted by Crippen LogP contribution is -2.30. The summed E-state index contributed by atoms with van der Waals surface area (Å²) < 4.78 is 11.0. The highest BCUT2D eigenvalue weighted by atomic mass is 16.5. The molecule has 2 N–H and O–H groups in total. The monoisotopic (exact) mass is 424 g/mol. The van der Waals surface area contributed by atoms with E-state index >= 15 is 0 Å². The number of nitrogens with zero attached hydrogens (tertiary/aromatic N) is 2. The van der Waals surface area contributed by atoms with Gasteiger partial charge in [-0.05, 0) is 43.5 Å². The van der Waals surface area contributed by atoms with E-state index in [1.165, 1.54) is 0 Å². The standard InChI is InChI=1S/C24H32N4O3/c1-4-25-24(27-20-12-13-21(31-5-2)22(15-20)30-3)26-16-18-9-6-7-10-19(18)17-28-14-8-11-23(28)29/h6-7,9-10,12-13,15H,4-5,8,11,14,16-17H2,1-3H3,(H2,25,26,27). The second-order valence-electron chi connectivity index (χ2n) is 7.31. The number of amides is 1. The van der Waals surface area contributed by atoms with E-state index in [4.69, 9.17) is 14.5 Å². The quantitative estimate of drug-likeness (QED) is 0.473. The van der Waals surface area contributed by atoms with E-state index in [0.717, 1.165) is 36.3 Å². The third-order valence-corrected chi connectivity index (χ3v) is 5.13. The van der Waals surface area contributed by atoms with Crippen LogP contribution in [0.1, 0.15) is 37.8 Å². The Hall–Kier alpha value is -3.22. The molecule has 1 heterocycles. The number of aliphatic imine (C=N–C) groups is 1. The van der Waals surface area contributed by atoms with Crippen molar-refractivity contribution in [3.8, 4) is 11.5 Å². The van der Waals surface area contributed by atoms with Gasteiger partial charge in [-0.1, -0.05) is 24.3 Å². The zero-order valence-electron chi connectivity index (χ0n) is 18.6. The van der Waals surface area contributed by atoms with Gasteiger partial charge in [0.05, 0.1) is 20.3 Å². The number of anilines is 1. The molecule has 0 bridgehead atoms. The van der Waals surface area contributed by atoms with Crippen LogP contribution < -0.4 is 20.1 Å². The van der Waals surface area contributed by atoms with Gasteiger partial charge < -0.3 is 25.0 Å². The van der Waals surface area contributed by atoms with Crippen LogP contribution in [0.3, 0.4) is 0 Å². The molecule has 0 spiro atoms. The summed E-state index contributed by atoms with van der Waals surface area (Å²) in [5.74, 6) is 2.30. The maximum Gasteiger partial charge on any atom is 0.222 e. The highest BCUT2D eigenvalue weighted by Crippen LogP contribution is 2.30. The Bertz CT molecular complexity index is 913. The van der Waals surface area contributed by atoms with E-state index in [1.54, 1.807) is 7.11 Å². The number of benzene rings is 2. The average molecular weight is 425 g/mol. The molecule has 1 aliphatic heterocycles. The van der Waals surface area contributed by atoms with Gasteiger partial charge in [-0.15, -0.1) is 0 Å². The summed E-state index contributed by atoms with van der Waals surface area (Å²) in [7, 11) is 1.63. The van der Waals surface area contributed by atoms with Gasteiger partial charge in [0.25, 0.3) is 0 Å². The number of rotatable bonds is 9. The van der Waals surface area contributed by atoms with Gasteiger partial charge in [-0.2, -0.15) is 0 Å². The van der Waals surface area contributed by atoms with Crippen LogP contribution in [0.5, 0.6) is 11.5 Å². The van der Waals surface area contributed by atoms with Gasteiger partial charge in [-0.3, -0.25) is 4.79 Å². The fraction of sp³-hybridized carbons (Fsp3) is 0.417. The molecule has 0 saturated carbocycles. The summed E-state index contributed by atoms with van der Waals surface area (Å²) in [6.07, 6.45) is 1.60. The molecule has 1 saturated heterocycles. The Morgan fingerprint density at radius 1 is 1.13 bits per heavy atom. The first-order valence-corrected chi connectivity index (χ1v) is 10.8. The van der Waals surface area contributed by atoms with Crippen LogP contribution >= 0.6 is 0 Å². The minimum Gasteiger partial charge on any atom is -0.493 e. The number of hydrogen-bond donors (Lipinski definition) is 2. The van der Waals surface area contributed by atoms with Gasteiger partial charge in [-0.25, -0.2) is 4.99 Å². The van der Waals surface area contributed by atoms with E-state index < -0.39 is 0 Å². The van der Waals surface area contributed by atoms with Crippen LogP contribution in [-0.4, -0.2) is 43.6 Å². The zero-order valence-corrected chi connectivity index (χ0v) is 18.6. The molecule has 0 aliphatic carbocycles. The predicted octanol–water partition coefficient (Wildman–Crippen LogP) is 3.79. The van der Waals surface area contributed by atoms with Crippen LogP contribution in [0.25, 0.3) is 0 Å². The number of methoxy groups -OCH3 is 1. The average Bonchev–Trinajstić information content (AvgIpc) is 3.18. The van der Waals surface area contributed by atoms with E-state index in [0.29, 0.717) is 43.6 Å². The molecule has 1 fully saturated rings. The van der Waals surface area contributed by atoms with Crippen LogP contribution in [0, 0.1) is 0 Å². The number of carbonyl (C=O) groups excluding carboxylic acids is 1. The molecule has 0 radical (unpaired) electrons. The lowest BCUT2D eigenvalue weighted by molar-refractivity contribution is -0.128. The van der Waals surface area contributed by atoms with Crippen LogP contribution in [0.15, 0.2) is 47.5 Å². The largest absolute Gasteiger partial charge is 0.493 e. The molecule has 0 aromatic heterocycles. The molecule has 3 rings (SSSR count). The van der Waals surface area contributed by atoms with E-state index in [1.807, 2.05) is 49.1 Å². The molecule has 2 aromatic rings. The summed E-state index contributed by atoms with van der Waals surface area (Å²) in [6.45, 7) is 7.29. The molecule has 0 atom stereocenters. The van der Waals surface area contributed by atoms with Gasteiger partial charge in [0.1, 0.15) is 0 Å². The Morgan fingerprint density at radius 3 is 2.61 bits per heavy atom. The number of guanidine groups is 1. The molecule has 7 nitrogen and oxygen atoms in total. The van der Waals surface area contributed by atoms with Gasteiger partial charge in [0.15, 0.2) is 17.5 Å². The summed E-state index contributed by atoms with van der Waals surface area (Å²) in [5, 5.41) is 6.61. The number of likely N-dealkylation sites (tertiary alicyclic amines) is 1. The number of ether oxygens (including phenoxy) is 2. The number of hydrogen-bond acceptors (Lipinski definition) is 4. The lowest BCUT2D eigenvalue weighted by Gasteiger charge is -2.18. The topological polar surface area (TPSA) is 75.2 Å². The highest BCUT2D eigenvalue weighted by Gasteiger charge is 2.20. The maximum atomic E-state index is 12.0. The van der Waals surface area contributed by atoms with Crippen molar-refractivity contribution < 1.29 is 14.3 Å². The summed E-state index contributed by atoms with van der Waals surface area (Å²) in [4.78, 5) is 18.7. The van der Waals surface area contributed by atoms with Crippen LogP contribution in [0.2, 0.25) is 0 Å². The van der Waals surface area contributed by atoms with E-state index in [2.05, 4.69) is 22.8 Å². The predicted molar refractivity (Wildman–Crippen MR) is 124 cm³/mol. The van der Waals surface area contributed by atoms with Crippen molar-refractivity contribution >= 4 is 17.6 Å². The van der Waals surface area contributed by atoms with Crippen molar-refractivity contribution in [2.45, 2.75) is 39.8 Å². The second kappa shape index (κ2) is 11.2. The van der Waals surface area contributed by atoms with Crippen molar-refractivity contribution in [1.29, 1.82) is 0 Å². The van der Waals surface area contributed by atoms with Gasteiger partial charge in [0, 0.05) is 37.8 Å². The molecule has 1 aliphatic rings. The molecular formula is C24H32N4O3. The van der Waals surface area contributed by atoms with Gasteiger partial charge in [0.2, 0.25) is 5.91 Å². The minimum absolute atomic E-state index is 0.234. The Labute approximate surface area is 184 Å². The van der Waals surface area contributed by atoms with Crippen molar-refractivity contribution in [1.82, 2.24) is 10.2 Å². The first kappa shape index (κ1) is 22.5. The van der Waals surface area contributed by atoms with E-state index in [9.17, 15) is 4.79 Å². The third kappa shape index (κ3) is 6.13. The van der Waals surface area contributed by atoms with Crippen molar-refractivity contribution in [3.05, 3.63) is 53.6 Å². The fourth-order valence-electron chi connectivity index (χ4n) is 3.57. The maximum absolute atomic E-state index is 12.0. The first-order chi connectivity index (χ1) is 15.1. The summed E-state index contributed by atoms with van der Waals surface area (Å²) in [5.41, 5.74) is 3.11. The first-order valence-electron chi connectivity index (χ1n) is 10.8. The van der Waals surface area contributed by atoms with Crippen LogP contribution in [0.4, 0.5) is 5.69 Å². The molecular weight excluding hydrogens is 392 g/mol. The van der Waals surface area contributed by atoms with Crippen molar-refractivity contribution in [2.75, 3.05) is 32.1 Å².